The SMILES string of the molecule is Nc1n[nH]c(C(=O)NC(CC(=O)O)c2ccccc2)n1. The molecule has 0 aliphatic rings. The van der Waals surface area contributed by atoms with Crippen LogP contribution < -0.4 is 11.1 Å². The van der Waals surface area contributed by atoms with Gasteiger partial charge < -0.3 is 16.2 Å². The van der Waals surface area contributed by atoms with E-state index in [0.717, 1.165) is 0 Å². The van der Waals surface area contributed by atoms with Crippen molar-refractivity contribution in [2.75, 3.05) is 5.73 Å². The van der Waals surface area contributed by atoms with E-state index in [-0.39, 0.29) is 18.2 Å². The molecular formula is C12H13N5O3. The number of nitrogens with one attached hydrogen (secondary N) is 2. The van der Waals surface area contributed by atoms with Crippen molar-refractivity contribution in [1.29, 1.82) is 0 Å². The van der Waals surface area contributed by atoms with Crippen molar-refractivity contribution in [1.82, 2.24) is 20.5 Å². The van der Waals surface area contributed by atoms with Crippen LogP contribution in [0.2, 0.25) is 0 Å². The molecule has 1 heterocycles. The minimum absolute atomic E-state index is 0.0513. The van der Waals surface area contributed by atoms with Gasteiger partial charge in [-0.05, 0) is 5.56 Å². The van der Waals surface area contributed by atoms with Crippen LogP contribution in [0.3, 0.4) is 0 Å². The van der Waals surface area contributed by atoms with E-state index in [1.54, 1.807) is 30.3 Å². The van der Waals surface area contributed by atoms with Gasteiger partial charge in [-0.15, -0.1) is 5.10 Å². The Morgan fingerprint density at radius 3 is 2.60 bits per heavy atom. The first-order valence-electron chi connectivity index (χ1n) is 5.81. The van der Waals surface area contributed by atoms with Crippen LogP contribution in [0.4, 0.5) is 5.95 Å². The highest BCUT2D eigenvalue weighted by molar-refractivity contribution is 5.91. The number of nitrogens with two attached hydrogens (primary N) is 1. The van der Waals surface area contributed by atoms with Crippen molar-refractivity contribution in [2.45, 2.75) is 12.5 Å². The molecule has 2 rings (SSSR count). The molecule has 0 radical (unpaired) electrons. The summed E-state index contributed by atoms with van der Waals surface area (Å²) in [5.41, 5.74) is 6.00. The molecule has 0 saturated carbocycles. The Balaban J connectivity index is 2.16. The van der Waals surface area contributed by atoms with Crippen LogP contribution >= 0.6 is 0 Å². The molecule has 0 saturated heterocycles. The Kier molecular flexibility index (Phi) is 3.94. The number of hydrogen-bond donors (Lipinski definition) is 4. The number of rotatable bonds is 5. The second kappa shape index (κ2) is 5.83. The second-order valence-electron chi connectivity index (χ2n) is 4.08. The normalized spacial score (nSPS) is 11.8. The molecular weight excluding hydrogens is 262 g/mol. The maximum Gasteiger partial charge on any atom is 0.305 e. The van der Waals surface area contributed by atoms with E-state index < -0.39 is 17.9 Å². The zero-order valence-corrected chi connectivity index (χ0v) is 10.4. The van der Waals surface area contributed by atoms with Gasteiger partial charge in [0.25, 0.3) is 5.91 Å². The summed E-state index contributed by atoms with van der Waals surface area (Å²) in [4.78, 5) is 26.5. The number of nitrogens with zero attached hydrogens (tertiary/aromatic N) is 2. The first-order valence-corrected chi connectivity index (χ1v) is 5.81. The van der Waals surface area contributed by atoms with Gasteiger partial charge in [-0.25, -0.2) is 0 Å². The molecule has 0 aliphatic heterocycles. The fourth-order valence-corrected chi connectivity index (χ4v) is 1.72. The molecule has 8 heteroatoms. The van der Waals surface area contributed by atoms with E-state index in [1.807, 2.05) is 0 Å². The molecule has 5 N–H and O–H groups in total. The number of H-pyrrole nitrogens is 1. The number of anilines is 1. The van der Waals surface area contributed by atoms with Gasteiger partial charge in [-0.3, -0.25) is 14.7 Å². The van der Waals surface area contributed by atoms with Crippen molar-refractivity contribution in [3.63, 3.8) is 0 Å². The third-order valence-corrected chi connectivity index (χ3v) is 2.60. The maximum atomic E-state index is 11.9. The molecule has 0 bridgehead atoms. The highest BCUT2D eigenvalue weighted by atomic mass is 16.4. The van der Waals surface area contributed by atoms with E-state index >= 15 is 0 Å². The van der Waals surface area contributed by atoms with Crippen LogP contribution in [0.15, 0.2) is 30.3 Å². The van der Waals surface area contributed by atoms with Crippen LogP contribution in [-0.2, 0) is 4.79 Å². The second-order valence-corrected chi connectivity index (χ2v) is 4.08. The Morgan fingerprint density at radius 1 is 1.35 bits per heavy atom. The molecule has 8 nitrogen and oxygen atoms in total. The summed E-state index contributed by atoms with van der Waals surface area (Å²) < 4.78 is 0. The van der Waals surface area contributed by atoms with Gasteiger partial charge in [0.05, 0.1) is 12.5 Å². The van der Waals surface area contributed by atoms with Gasteiger partial charge in [-0.1, -0.05) is 30.3 Å². The first kappa shape index (κ1) is 13.5. The van der Waals surface area contributed by atoms with Crippen molar-refractivity contribution < 1.29 is 14.7 Å². The predicted molar refractivity (Wildman–Crippen MR) is 69.7 cm³/mol. The quantitative estimate of drug-likeness (QED) is 0.621. The molecule has 1 aromatic carbocycles. The number of hydrogen-bond acceptors (Lipinski definition) is 5. The van der Waals surface area contributed by atoms with Gasteiger partial charge >= 0.3 is 5.97 Å². The summed E-state index contributed by atoms with van der Waals surface area (Å²) in [6.45, 7) is 0. The Hall–Kier alpha value is -2.90. The number of benzene rings is 1. The van der Waals surface area contributed by atoms with Crippen molar-refractivity contribution in [3.05, 3.63) is 41.7 Å². The number of aromatic nitrogens is 3. The van der Waals surface area contributed by atoms with Crippen molar-refractivity contribution >= 4 is 17.8 Å². The van der Waals surface area contributed by atoms with Crippen LogP contribution in [0.5, 0.6) is 0 Å². The summed E-state index contributed by atoms with van der Waals surface area (Å²) in [7, 11) is 0. The summed E-state index contributed by atoms with van der Waals surface area (Å²) in [6, 6.07) is 8.16. The number of carboxylic acids is 1. The van der Waals surface area contributed by atoms with Crippen LogP contribution in [0, 0.1) is 0 Å². The molecule has 2 aromatic rings. The molecule has 1 amide bonds. The van der Waals surface area contributed by atoms with Crippen molar-refractivity contribution in [2.24, 2.45) is 0 Å². The van der Waals surface area contributed by atoms with Gasteiger partial charge in [0.2, 0.25) is 11.8 Å². The van der Waals surface area contributed by atoms with Gasteiger partial charge in [-0.2, -0.15) is 4.98 Å². The monoisotopic (exact) mass is 275 g/mol. The number of amides is 1. The number of aromatic amines is 1. The topological polar surface area (TPSA) is 134 Å². The average Bonchev–Trinajstić information content (AvgIpc) is 2.85. The molecule has 0 spiro atoms. The third-order valence-electron chi connectivity index (χ3n) is 2.60. The predicted octanol–water partition coefficient (Wildman–Crippen LogP) is 0.333. The highest BCUT2D eigenvalue weighted by Gasteiger charge is 2.20. The van der Waals surface area contributed by atoms with Gasteiger partial charge in [0, 0.05) is 0 Å². The average molecular weight is 275 g/mol. The highest BCUT2D eigenvalue weighted by Crippen LogP contribution is 2.16. The smallest absolute Gasteiger partial charge is 0.305 e. The van der Waals surface area contributed by atoms with Gasteiger partial charge in [0.1, 0.15) is 0 Å². The molecule has 0 aliphatic carbocycles. The summed E-state index contributed by atoms with van der Waals surface area (Å²) >= 11 is 0. The fourth-order valence-electron chi connectivity index (χ4n) is 1.72. The molecule has 104 valence electrons. The molecule has 0 fully saturated rings. The molecule has 1 aromatic heterocycles. The number of carbonyl (C=O) groups is 2. The first-order chi connectivity index (χ1) is 9.56. The molecule has 1 atom stereocenters. The number of aliphatic carboxylic acids is 1. The Morgan fingerprint density at radius 2 is 2.05 bits per heavy atom. The van der Waals surface area contributed by atoms with Crippen LogP contribution in [0.25, 0.3) is 0 Å². The summed E-state index contributed by atoms with van der Waals surface area (Å²) in [6.07, 6.45) is -0.237. The zero-order valence-electron chi connectivity index (χ0n) is 10.4. The largest absolute Gasteiger partial charge is 0.481 e. The number of carboxylic acid groups (broad SMARTS) is 1. The summed E-state index contributed by atoms with van der Waals surface area (Å²) in [5, 5.41) is 17.4. The number of nitrogen functional groups attached to an aromatic ring is 1. The van der Waals surface area contributed by atoms with E-state index in [0.29, 0.717) is 5.56 Å². The molecule has 20 heavy (non-hydrogen) atoms. The lowest BCUT2D eigenvalue weighted by molar-refractivity contribution is -0.137. The van der Waals surface area contributed by atoms with E-state index in [4.69, 9.17) is 10.8 Å². The van der Waals surface area contributed by atoms with Crippen LogP contribution in [-0.4, -0.2) is 32.2 Å². The van der Waals surface area contributed by atoms with Gasteiger partial charge in [0.15, 0.2) is 0 Å². The minimum Gasteiger partial charge on any atom is -0.481 e. The third kappa shape index (κ3) is 3.31. The summed E-state index contributed by atoms with van der Waals surface area (Å²) in [5.74, 6) is -1.70. The van der Waals surface area contributed by atoms with Crippen molar-refractivity contribution in [3.8, 4) is 0 Å². The standard InChI is InChI=1S/C12H13N5O3/c13-12-15-10(16-17-12)11(20)14-8(6-9(18)19)7-4-2-1-3-5-7/h1-5,8H,6H2,(H,14,20)(H,18,19)(H3,13,15,16,17). The van der Waals surface area contributed by atoms with E-state index in [2.05, 4.69) is 20.5 Å². The fraction of sp³-hybridized carbons (Fsp3) is 0.167. The van der Waals surface area contributed by atoms with E-state index in [1.165, 1.54) is 0 Å². The van der Waals surface area contributed by atoms with Crippen LogP contribution in [0.1, 0.15) is 28.6 Å². The molecule has 1 unspecified atom stereocenters. The lowest BCUT2D eigenvalue weighted by atomic mass is 10.0. The zero-order chi connectivity index (χ0) is 14.5. The number of carbonyl (C=O) groups excluding carboxylic acids is 1. The lowest BCUT2D eigenvalue weighted by Crippen LogP contribution is -2.31. The minimum atomic E-state index is -1.02. The maximum absolute atomic E-state index is 11.9. The Labute approximate surface area is 114 Å². The lowest BCUT2D eigenvalue weighted by Gasteiger charge is -2.16. The Bertz CT molecular complexity index is 611. The van der Waals surface area contributed by atoms with E-state index in [9.17, 15) is 9.59 Å².